The van der Waals surface area contributed by atoms with Crippen LogP contribution >= 0.6 is 11.6 Å². The molecule has 1 aromatic rings. The summed E-state index contributed by atoms with van der Waals surface area (Å²) in [5.74, 6) is 0.434. The van der Waals surface area contributed by atoms with Crippen molar-refractivity contribution in [1.29, 1.82) is 0 Å². The van der Waals surface area contributed by atoms with Crippen LogP contribution in [0.3, 0.4) is 0 Å². The van der Waals surface area contributed by atoms with Gasteiger partial charge < -0.3 is 21.1 Å². The molecule has 96 valence electrons. The maximum atomic E-state index is 10.1. The molecule has 0 spiro atoms. The van der Waals surface area contributed by atoms with E-state index in [0.717, 1.165) is 0 Å². The number of anilines is 2. The largest absolute Gasteiger partial charge is 0.393 e. The van der Waals surface area contributed by atoms with Crippen LogP contribution in [0.2, 0.25) is 5.15 Å². The lowest BCUT2D eigenvalue weighted by Gasteiger charge is -2.27. The second kappa shape index (κ2) is 5.48. The van der Waals surface area contributed by atoms with Crippen LogP contribution in [0.15, 0.2) is 6.33 Å². The molecule has 0 fully saturated rings. The fraction of sp³-hybridized carbons (Fsp3) is 0.600. The molecule has 0 aliphatic rings. The lowest BCUT2D eigenvalue weighted by atomic mass is 10.1. The Morgan fingerprint density at radius 2 is 2.18 bits per heavy atom. The van der Waals surface area contributed by atoms with Crippen LogP contribution in [-0.2, 0) is 0 Å². The zero-order valence-corrected chi connectivity index (χ0v) is 11.0. The number of nitrogen functional groups attached to an aromatic ring is 1. The first-order chi connectivity index (χ1) is 7.82. The fourth-order valence-electron chi connectivity index (χ4n) is 1.53. The summed E-state index contributed by atoms with van der Waals surface area (Å²) in [5, 5.41) is 13.3. The average Bonchev–Trinajstić information content (AvgIpc) is 2.18. The van der Waals surface area contributed by atoms with E-state index in [1.165, 1.54) is 6.33 Å². The minimum Gasteiger partial charge on any atom is -0.393 e. The van der Waals surface area contributed by atoms with Crippen molar-refractivity contribution in [2.24, 2.45) is 0 Å². The van der Waals surface area contributed by atoms with Gasteiger partial charge in [0, 0.05) is 13.1 Å². The molecule has 1 atom stereocenters. The average molecular weight is 260 g/mol. The molecule has 0 aromatic carbocycles. The topological polar surface area (TPSA) is 87.3 Å². The molecule has 1 heterocycles. The van der Waals surface area contributed by atoms with E-state index in [2.05, 4.69) is 15.3 Å². The summed E-state index contributed by atoms with van der Waals surface area (Å²) in [6, 6.07) is 0. The first kappa shape index (κ1) is 14.0. The van der Waals surface area contributed by atoms with Crippen molar-refractivity contribution in [3.63, 3.8) is 0 Å². The molecule has 17 heavy (non-hydrogen) atoms. The summed E-state index contributed by atoms with van der Waals surface area (Å²) in [6.45, 7) is 2.58. The van der Waals surface area contributed by atoms with Gasteiger partial charge in [0.05, 0.1) is 5.60 Å². The van der Waals surface area contributed by atoms with Crippen molar-refractivity contribution in [2.45, 2.75) is 12.5 Å². The Hall–Kier alpha value is -1.11. The van der Waals surface area contributed by atoms with Gasteiger partial charge in [-0.3, -0.25) is 0 Å². The molecule has 0 saturated carbocycles. The number of hydrogen-bond donors (Lipinski definition) is 3. The third-order valence-corrected chi connectivity index (χ3v) is 2.43. The van der Waals surface area contributed by atoms with Crippen LogP contribution in [-0.4, -0.2) is 52.8 Å². The SMILES string of the molecule is CN(C)CC(C)(O)CNc1ncnc(Cl)c1N. The van der Waals surface area contributed by atoms with Crippen molar-refractivity contribution >= 4 is 23.1 Å². The number of aliphatic hydroxyl groups is 1. The highest BCUT2D eigenvalue weighted by Crippen LogP contribution is 2.22. The Morgan fingerprint density at radius 1 is 1.53 bits per heavy atom. The molecule has 7 heteroatoms. The first-order valence-electron chi connectivity index (χ1n) is 5.19. The number of rotatable bonds is 5. The van der Waals surface area contributed by atoms with E-state index in [1.54, 1.807) is 6.92 Å². The van der Waals surface area contributed by atoms with E-state index in [1.807, 2.05) is 19.0 Å². The lowest BCUT2D eigenvalue weighted by molar-refractivity contribution is 0.0459. The Balaban J connectivity index is 2.64. The minimum atomic E-state index is -0.882. The number of likely N-dealkylation sites (N-methyl/N-ethyl adjacent to an activating group) is 1. The molecule has 0 amide bonds. The van der Waals surface area contributed by atoms with E-state index in [4.69, 9.17) is 17.3 Å². The van der Waals surface area contributed by atoms with Gasteiger partial charge in [-0.2, -0.15) is 0 Å². The van der Waals surface area contributed by atoms with Crippen LogP contribution in [0.25, 0.3) is 0 Å². The molecule has 6 nitrogen and oxygen atoms in total. The predicted octanol–water partition coefficient (Wildman–Crippen LogP) is 0.437. The van der Waals surface area contributed by atoms with Crippen molar-refractivity contribution in [3.8, 4) is 0 Å². The Morgan fingerprint density at radius 3 is 2.76 bits per heavy atom. The monoisotopic (exact) mass is 259 g/mol. The molecule has 0 saturated heterocycles. The summed E-state index contributed by atoms with van der Waals surface area (Å²) < 4.78 is 0. The summed E-state index contributed by atoms with van der Waals surface area (Å²) in [4.78, 5) is 9.62. The number of aromatic nitrogens is 2. The highest BCUT2D eigenvalue weighted by atomic mass is 35.5. The maximum Gasteiger partial charge on any atom is 0.157 e. The van der Waals surface area contributed by atoms with Gasteiger partial charge >= 0.3 is 0 Å². The molecule has 4 N–H and O–H groups in total. The van der Waals surface area contributed by atoms with Crippen LogP contribution in [0.1, 0.15) is 6.92 Å². The highest BCUT2D eigenvalue weighted by molar-refractivity contribution is 6.32. The highest BCUT2D eigenvalue weighted by Gasteiger charge is 2.21. The standard InChI is InChI=1S/C10H18ClN5O/c1-10(17,5-16(2)3)4-13-9-7(12)8(11)14-6-15-9/h6,17H,4-5,12H2,1-3H3,(H,13,14,15). The van der Waals surface area contributed by atoms with Gasteiger partial charge in [0.1, 0.15) is 12.0 Å². The third-order valence-electron chi connectivity index (χ3n) is 2.13. The molecule has 0 aliphatic heterocycles. The van der Waals surface area contributed by atoms with Gasteiger partial charge in [-0.25, -0.2) is 9.97 Å². The van der Waals surface area contributed by atoms with Gasteiger partial charge in [0.2, 0.25) is 0 Å². The summed E-state index contributed by atoms with van der Waals surface area (Å²) >= 11 is 5.76. The molecule has 1 rings (SSSR count). The van der Waals surface area contributed by atoms with E-state index < -0.39 is 5.60 Å². The summed E-state index contributed by atoms with van der Waals surface area (Å²) in [6.07, 6.45) is 1.32. The number of halogens is 1. The van der Waals surface area contributed by atoms with Gasteiger partial charge in [-0.1, -0.05) is 11.6 Å². The molecule has 0 aliphatic carbocycles. The summed E-state index contributed by atoms with van der Waals surface area (Å²) in [5.41, 5.74) is 5.11. The number of nitrogens with zero attached hydrogens (tertiary/aromatic N) is 3. The Bertz CT molecular complexity index is 383. The van der Waals surface area contributed by atoms with Crippen LogP contribution < -0.4 is 11.1 Å². The van der Waals surface area contributed by atoms with E-state index in [9.17, 15) is 5.11 Å². The van der Waals surface area contributed by atoms with E-state index >= 15 is 0 Å². The van der Waals surface area contributed by atoms with Crippen molar-refractivity contribution in [3.05, 3.63) is 11.5 Å². The van der Waals surface area contributed by atoms with Crippen molar-refractivity contribution in [1.82, 2.24) is 14.9 Å². The second-order valence-corrected chi connectivity index (χ2v) is 4.87. The van der Waals surface area contributed by atoms with Gasteiger partial charge in [0.15, 0.2) is 11.0 Å². The predicted molar refractivity (Wildman–Crippen MR) is 69.1 cm³/mol. The number of nitrogens with two attached hydrogens (primary N) is 1. The molecule has 0 radical (unpaired) electrons. The fourth-order valence-corrected chi connectivity index (χ4v) is 1.66. The molecule has 1 aromatic heterocycles. The first-order valence-corrected chi connectivity index (χ1v) is 5.56. The van der Waals surface area contributed by atoms with Crippen molar-refractivity contribution in [2.75, 3.05) is 38.2 Å². The smallest absolute Gasteiger partial charge is 0.157 e. The lowest BCUT2D eigenvalue weighted by Crippen LogP contribution is -2.43. The Kier molecular flexibility index (Phi) is 4.50. The Labute approximate surface area is 106 Å². The molecular formula is C10H18ClN5O. The van der Waals surface area contributed by atoms with Crippen LogP contribution in [0.4, 0.5) is 11.5 Å². The summed E-state index contributed by atoms with van der Waals surface area (Å²) in [7, 11) is 3.79. The van der Waals surface area contributed by atoms with Gasteiger partial charge in [0.25, 0.3) is 0 Å². The molecule has 1 unspecified atom stereocenters. The number of hydrogen-bond acceptors (Lipinski definition) is 6. The van der Waals surface area contributed by atoms with E-state index in [0.29, 0.717) is 18.9 Å². The third kappa shape index (κ3) is 4.33. The van der Waals surface area contributed by atoms with Crippen molar-refractivity contribution < 1.29 is 5.11 Å². The quantitative estimate of drug-likeness (QED) is 0.665. The normalized spacial score (nSPS) is 14.7. The van der Waals surface area contributed by atoms with Crippen LogP contribution in [0, 0.1) is 0 Å². The number of nitrogens with one attached hydrogen (secondary N) is 1. The van der Waals surface area contributed by atoms with Gasteiger partial charge in [-0.05, 0) is 21.0 Å². The molecule has 0 bridgehead atoms. The van der Waals surface area contributed by atoms with Crippen LogP contribution in [0.5, 0.6) is 0 Å². The van der Waals surface area contributed by atoms with Gasteiger partial charge in [-0.15, -0.1) is 0 Å². The maximum absolute atomic E-state index is 10.1. The van der Waals surface area contributed by atoms with E-state index in [-0.39, 0.29) is 10.8 Å². The zero-order valence-electron chi connectivity index (χ0n) is 10.2. The minimum absolute atomic E-state index is 0.203. The molecular weight excluding hydrogens is 242 g/mol. The second-order valence-electron chi connectivity index (χ2n) is 4.52. The zero-order chi connectivity index (χ0) is 13.1.